The number of nitrogens with zero attached hydrogens (tertiary/aromatic N) is 2. The summed E-state index contributed by atoms with van der Waals surface area (Å²) in [6.07, 6.45) is -4.28. The maximum absolute atomic E-state index is 12.7. The van der Waals surface area contributed by atoms with Crippen LogP contribution in [0.1, 0.15) is 24.1 Å². The molecule has 0 spiro atoms. The molecule has 1 aromatic carbocycles. The first-order chi connectivity index (χ1) is 10.3. The lowest BCUT2D eigenvalue weighted by Crippen LogP contribution is -2.52. The number of nitrogens with one attached hydrogen (secondary N) is 1. The average Bonchev–Trinajstić information content (AvgIpc) is 2.45. The second kappa shape index (κ2) is 6.98. The fourth-order valence-corrected chi connectivity index (χ4v) is 2.96. The van der Waals surface area contributed by atoms with Crippen LogP contribution in [0.25, 0.3) is 0 Å². The zero-order valence-electron chi connectivity index (χ0n) is 13.3. The molecule has 1 N–H and O–H groups in total. The summed E-state index contributed by atoms with van der Waals surface area (Å²) in [7, 11) is 3.98. The fourth-order valence-electron chi connectivity index (χ4n) is 2.96. The van der Waals surface area contributed by atoms with E-state index in [1.54, 1.807) is 12.1 Å². The van der Waals surface area contributed by atoms with Crippen molar-refractivity contribution in [2.45, 2.75) is 25.2 Å². The van der Waals surface area contributed by atoms with Crippen molar-refractivity contribution in [2.75, 3.05) is 40.3 Å². The number of halogens is 3. The van der Waals surface area contributed by atoms with Crippen molar-refractivity contribution < 1.29 is 13.2 Å². The first kappa shape index (κ1) is 17.2. The molecule has 0 amide bonds. The number of piperazine rings is 1. The molecule has 1 aliphatic rings. The van der Waals surface area contributed by atoms with Gasteiger partial charge in [0.25, 0.3) is 0 Å². The summed E-state index contributed by atoms with van der Waals surface area (Å²) in [6.45, 7) is 5.66. The van der Waals surface area contributed by atoms with E-state index in [0.29, 0.717) is 6.04 Å². The Labute approximate surface area is 130 Å². The Morgan fingerprint density at radius 1 is 1.27 bits per heavy atom. The van der Waals surface area contributed by atoms with E-state index in [1.165, 1.54) is 12.1 Å². The van der Waals surface area contributed by atoms with Crippen LogP contribution in [0.2, 0.25) is 0 Å². The molecule has 2 unspecified atom stereocenters. The van der Waals surface area contributed by atoms with E-state index in [-0.39, 0.29) is 6.04 Å². The lowest BCUT2D eigenvalue weighted by molar-refractivity contribution is -0.137. The second-order valence-electron chi connectivity index (χ2n) is 6.19. The first-order valence-corrected chi connectivity index (χ1v) is 7.57. The van der Waals surface area contributed by atoms with Crippen LogP contribution in [0.4, 0.5) is 13.2 Å². The predicted octanol–water partition coefficient (Wildman–Crippen LogP) is 2.60. The Morgan fingerprint density at radius 3 is 2.41 bits per heavy atom. The molecule has 0 radical (unpaired) electrons. The van der Waals surface area contributed by atoms with Crippen LogP contribution >= 0.6 is 0 Å². The molecule has 1 saturated heterocycles. The number of likely N-dealkylation sites (N-methyl/N-ethyl adjacent to an activating group) is 1. The Balaban J connectivity index is 2.25. The normalized spacial score (nSPS) is 22.0. The molecule has 6 heteroatoms. The molecule has 124 valence electrons. The van der Waals surface area contributed by atoms with Gasteiger partial charge in [-0.05, 0) is 38.7 Å². The van der Waals surface area contributed by atoms with Crippen LogP contribution in [0.5, 0.6) is 0 Å². The van der Waals surface area contributed by atoms with Crippen LogP contribution in [0.3, 0.4) is 0 Å². The third kappa shape index (κ3) is 4.21. The number of rotatable bonds is 4. The third-order valence-electron chi connectivity index (χ3n) is 4.11. The van der Waals surface area contributed by atoms with E-state index in [1.807, 2.05) is 14.1 Å². The van der Waals surface area contributed by atoms with Crippen LogP contribution in [-0.4, -0.2) is 56.1 Å². The van der Waals surface area contributed by atoms with Crippen LogP contribution in [0.15, 0.2) is 24.3 Å². The minimum Gasteiger partial charge on any atom is -0.314 e. The largest absolute Gasteiger partial charge is 0.416 e. The van der Waals surface area contributed by atoms with E-state index >= 15 is 0 Å². The second-order valence-corrected chi connectivity index (χ2v) is 6.19. The topological polar surface area (TPSA) is 18.5 Å². The van der Waals surface area contributed by atoms with E-state index in [2.05, 4.69) is 22.0 Å². The molecule has 0 saturated carbocycles. The van der Waals surface area contributed by atoms with Gasteiger partial charge in [0.05, 0.1) is 5.56 Å². The summed E-state index contributed by atoms with van der Waals surface area (Å²) < 4.78 is 38.2. The lowest BCUT2D eigenvalue weighted by Gasteiger charge is -2.41. The van der Waals surface area contributed by atoms with Crippen molar-refractivity contribution in [1.29, 1.82) is 0 Å². The summed E-state index contributed by atoms with van der Waals surface area (Å²) in [5, 5.41) is 3.35. The summed E-state index contributed by atoms with van der Waals surface area (Å²) in [5.41, 5.74) is 0.351. The minimum absolute atomic E-state index is 0.106. The summed E-state index contributed by atoms with van der Waals surface area (Å²) in [4.78, 5) is 4.45. The zero-order chi connectivity index (χ0) is 16.3. The quantitative estimate of drug-likeness (QED) is 0.921. The molecule has 3 nitrogen and oxygen atoms in total. The molecular weight excluding hydrogens is 291 g/mol. The molecule has 1 fully saturated rings. The van der Waals surface area contributed by atoms with Gasteiger partial charge in [-0.15, -0.1) is 0 Å². The molecule has 0 bridgehead atoms. The van der Waals surface area contributed by atoms with Crippen LogP contribution in [0, 0.1) is 0 Å². The van der Waals surface area contributed by atoms with Gasteiger partial charge in [-0.1, -0.05) is 12.1 Å². The van der Waals surface area contributed by atoms with E-state index in [0.717, 1.165) is 31.7 Å². The summed E-state index contributed by atoms with van der Waals surface area (Å²) in [6, 6.07) is 6.07. The third-order valence-corrected chi connectivity index (χ3v) is 4.11. The van der Waals surface area contributed by atoms with Crippen LogP contribution in [-0.2, 0) is 6.18 Å². The SMILES string of the molecule is CC1CNCCN1C(CN(C)C)c1ccc(C(F)(F)F)cc1. The number of hydrogen-bond donors (Lipinski definition) is 1. The van der Waals surface area contributed by atoms with Crippen molar-refractivity contribution in [1.82, 2.24) is 15.1 Å². The standard InChI is InChI=1S/C16H24F3N3/c1-12-10-20-8-9-22(12)15(11-21(2)3)13-4-6-14(7-5-13)16(17,18)19/h4-7,12,15,20H,8-11H2,1-3H3. The highest BCUT2D eigenvalue weighted by atomic mass is 19.4. The van der Waals surface area contributed by atoms with Gasteiger partial charge in [-0.3, -0.25) is 4.90 Å². The predicted molar refractivity (Wildman–Crippen MR) is 81.8 cm³/mol. The number of benzene rings is 1. The summed E-state index contributed by atoms with van der Waals surface area (Å²) in [5.74, 6) is 0. The molecule has 22 heavy (non-hydrogen) atoms. The van der Waals surface area contributed by atoms with Gasteiger partial charge in [0, 0.05) is 38.3 Å². The van der Waals surface area contributed by atoms with Gasteiger partial charge in [0.1, 0.15) is 0 Å². The maximum atomic E-state index is 12.7. The smallest absolute Gasteiger partial charge is 0.314 e. The number of hydrogen-bond acceptors (Lipinski definition) is 3. The zero-order valence-corrected chi connectivity index (χ0v) is 13.3. The lowest BCUT2D eigenvalue weighted by atomic mass is 10.00. The molecular formula is C16H24F3N3. The summed E-state index contributed by atoms with van der Waals surface area (Å²) >= 11 is 0. The molecule has 0 aliphatic carbocycles. The van der Waals surface area contributed by atoms with Gasteiger partial charge in [-0.25, -0.2) is 0 Å². The van der Waals surface area contributed by atoms with Crippen molar-refractivity contribution in [3.05, 3.63) is 35.4 Å². The Hall–Kier alpha value is -1.11. The van der Waals surface area contributed by atoms with Crippen molar-refractivity contribution in [3.63, 3.8) is 0 Å². The highest BCUT2D eigenvalue weighted by Gasteiger charge is 2.31. The Morgan fingerprint density at radius 2 is 1.91 bits per heavy atom. The van der Waals surface area contributed by atoms with E-state index < -0.39 is 11.7 Å². The average molecular weight is 315 g/mol. The molecule has 2 rings (SSSR count). The highest BCUT2D eigenvalue weighted by Crippen LogP contribution is 2.31. The molecule has 1 heterocycles. The minimum atomic E-state index is -4.28. The number of alkyl halides is 3. The Bertz CT molecular complexity index is 471. The van der Waals surface area contributed by atoms with Crippen molar-refractivity contribution >= 4 is 0 Å². The van der Waals surface area contributed by atoms with Gasteiger partial charge < -0.3 is 10.2 Å². The first-order valence-electron chi connectivity index (χ1n) is 7.57. The molecule has 1 aromatic rings. The monoisotopic (exact) mass is 315 g/mol. The van der Waals surface area contributed by atoms with Gasteiger partial charge in [-0.2, -0.15) is 13.2 Å². The van der Waals surface area contributed by atoms with Crippen molar-refractivity contribution in [2.24, 2.45) is 0 Å². The maximum Gasteiger partial charge on any atom is 0.416 e. The highest BCUT2D eigenvalue weighted by molar-refractivity contribution is 5.27. The Kier molecular flexibility index (Phi) is 5.47. The van der Waals surface area contributed by atoms with Gasteiger partial charge in [0.15, 0.2) is 0 Å². The van der Waals surface area contributed by atoms with Gasteiger partial charge in [0.2, 0.25) is 0 Å². The molecule has 2 atom stereocenters. The fraction of sp³-hybridized carbons (Fsp3) is 0.625. The molecule has 0 aromatic heterocycles. The van der Waals surface area contributed by atoms with Crippen LogP contribution < -0.4 is 5.32 Å². The van der Waals surface area contributed by atoms with Crippen molar-refractivity contribution in [3.8, 4) is 0 Å². The van der Waals surface area contributed by atoms with Gasteiger partial charge >= 0.3 is 6.18 Å². The molecule has 1 aliphatic heterocycles. The van der Waals surface area contributed by atoms with E-state index in [4.69, 9.17) is 0 Å². The van der Waals surface area contributed by atoms with E-state index in [9.17, 15) is 13.2 Å².